The van der Waals surface area contributed by atoms with Crippen LogP contribution in [0.4, 0.5) is 5.69 Å². The number of aromatic amines is 2. The number of carbonyl (C=O) groups excluding carboxylic acids is 2. The van der Waals surface area contributed by atoms with E-state index in [2.05, 4.69) is 26.3 Å². The van der Waals surface area contributed by atoms with Gasteiger partial charge in [-0.05, 0) is 155 Å². The minimum Gasteiger partial charge on any atom is -0.482 e. The average molecular weight is 763 g/mol. The predicted octanol–water partition coefficient (Wildman–Crippen LogP) is 9.07. The summed E-state index contributed by atoms with van der Waals surface area (Å²) < 4.78 is 10.5. The molecule has 0 spiro atoms. The molecule has 0 fully saturated rings. The second-order valence-corrected chi connectivity index (χ2v) is 13.8. The van der Waals surface area contributed by atoms with Crippen molar-refractivity contribution in [2.45, 2.75) is 48.5 Å². The second-order valence-electron chi connectivity index (χ2n) is 13.8. The third-order valence-electron chi connectivity index (χ3n) is 9.54. The Bertz CT molecular complexity index is 2690. The van der Waals surface area contributed by atoms with Crippen LogP contribution in [-0.4, -0.2) is 56.1 Å². The van der Waals surface area contributed by atoms with Crippen LogP contribution in [0.3, 0.4) is 0 Å². The number of nitrogens with one attached hydrogen (secondary N) is 3. The van der Waals surface area contributed by atoms with Crippen molar-refractivity contribution in [3.8, 4) is 34.6 Å². The number of imidazole rings is 2. The number of aromatic nitrogens is 4. The number of carboxylic acids is 1. The van der Waals surface area contributed by atoms with Gasteiger partial charge in [-0.3, -0.25) is 4.79 Å². The first-order chi connectivity index (χ1) is 27.2. The molecule has 57 heavy (non-hydrogen) atoms. The van der Waals surface area contributed by atoms with Crippen LogP contribution in [0.15, 0.2) is 78.9 Å². The molecule has 0 radical (unpaired) electrons. The fraction of sp³-hybridized carbons (Fsp3) is 0.200. The molecule has 0 aliphatic rings. The van der Waals surface area contributed by atoms with E-state index in [0.717, 1.165) is 55.7 Å². The number of ether oxygens (including phenoxy) is 2. The summed E-state index contributed by atoms with van der Waals surface area (Å²) in [6.45, 7) is 13.8. The monoisotopic (exact) mass is 762 g/mol. The van der Waals surface area contributed by atoms with Crippen LogP contribution in [0.2, 0.25) is 0 Å². The summed E-state index contributed by atoms with van der Waals surface area (Å²) in [6, 6.07) is 25.6. The lowest BCUT2D eigenvalue weighted by Gasteiger charge is -2.12. The second kappa shape index (κ2) is 16.6. The van der Waals surface area contributed by atoms with Crippen molar-refractivity contribution in [3.63, 3.8) is 0 Å². The summed E-state index contributed by atoms with van der Waals surface area (Å²) in [7, 11) is 0. The minimum atomic E-state index is -0.969. The van der Waals surface area contributed by atoms with E-state index >= 15 is 0 Å². The number of aryl methyl sites for hydroxylation is 6. The SMILES string of the molecule is CCOC(=O)COc1cc(C)c(-c2nc3ccc(C(=O)Nc4ccc(C)c(C)c4)cc3[nH]2)c(C)c1.Cc1cc(C#N)cc(C)c1-c1nc2ccc(C(=O)O)cc2[nH]1. The van der Waals surface area contributed by atoms with E-state index in [4.69, 9.17) is 24.8 Å². The number of rotatable bonds is 9. The van der Waals surface area contributed by atoms with E-state index < -0.39 is 11.9 Å². The number of amides is 1. The number of hydrogen-bond acceptors (Lipinski definition) is 8. The maximum Gasteiger partial charge on any atom is 0.344 e. The molecule has 2 aromatic heterocycles. The molecule has 4 N–H and O–H groups in total. The Balaban J connectivity index is 0.000000214. The molecule has 7 aromatic rings. The molecule has 0 aliphatic carbocycles. The summed E-state index contributed by atoms with van der Waals surface area (Å²) in [5.74, 6) is 0.431. The van der Waals surface area contributed by atoms with Gasteiger partial charge in [0.2, 0.25) is 0 Å². The molecule has 0 atom stereocenters. The first-order valence-corrected chi connectivity index (χ1v) is 18.3. The number of esters is 1. The lowest BCUT2D eigenvalue weighted by molar-refractivity contribution is -0.145. The molecule has 2 heterocycles. The van der Waals surface area contributed by atoms with Crippen molar-refractivity contribution >= 4 is 45.6 Å². The van der Waals surface area contributed by atoms with Crippen LogP contribution in [0, 0.1) is 52.9 Å². The molecular formula is C45H42N6O6. The molecule has 12 nitrogen and oxygen atoms in total. The molecule has 0 saturated carbocycles. The zero-order valence-corrected chi connectivity index (χ0v) is 32.7. The Morgan fingerprint density at radius 2 is 1.25 bits per heavy atom. The smallest absolute Gasteiger partial charge is 0.344 e. The lowest BCUT2D eigenvalue weighted by Crippen LogP contribution is -2.14. The van der Waals surface area contributed by atoms with Crippen LogP contribution in [0.25, 0.3) is 44.8 Å². The third-order valence-corrected chi connectivity index (χ3v) is 9.54. The summed E-state index contributed by atoms with van der Waals surface area (Å²) in [4.78, 5) is 51.2. The number of anilines is 1. The molecule has 0 unspecified atom stereocenters. The van der Waals surface area contributed by atoms with E-state index in [9.17, 15) is 14.4 Å². The zero-order chi connectivity index (χ0) is 41.0. The van der Waals surface area contributed by atoms with Crippen LogP contribution < -0.4 is 10.1 Å². The molecule has 288 valence electrons. The Hall–Kier alpha value is -7.26. The quantitative estimate of drug-likeness (QED) is 0.104. The normalized spacial score (nSPS) is 10.8. The number of H-pyrrole nitrogens is 2. The van der Waals surface area contributed by atoms with Crippen molar-refractivity contribution in [2.75, 3.05) is 18.5 Å². The number of carbonyl (C=O) groups is 3. The Morgan fingerprint density at radius 1 is 0.702 bits per heavy atom. The van der Waals surface area contributed by atoms with Gasteiger partial charge in [-0.2, -0.15) is 5.26 Å². The van der Waals surface area contributed by atoms with Gasteiger partial charge in [-0.25, -0.2) is 19.6 Å². The maximum atomic E-state index is 12.8. The molecule has 1 amide bonds. The van der Waals surface area contributed by atoms with Crippen LogP contribution >= 0.6 is 0 Å². The zero-order valence-electron chi connectivity index (χ0n) is 32.7. The average Bonchev–Trinajstić information content (AvgIpc) is 3.78. The highest BCUT2D eigenvalue weighted by molar-refractivity contribution is 6.06. The van der Waals surface area contributed by atoms with Crippen LogP contribution in [0.1, 0.15) is 66.6 Å². The number of nitriles is 1. The number of nitrogens with zero attached hydrogens (tertiary/aromatic N) is 3. The van der Waals surface area contributed by atoms with Gasteiger partial charge in [0, 0.05) is 22.4 Å². The first-order valence-electron chi connectivity index (χ1n) is 18.3. The van der Waals surface area contributed by atoms with E-state index in [1.165, 1.54) is 11.6 Å². The van der Waals surface area contributed by atoms with Gasteiger partial charge in [0.1, 0.15) is 17.4 Å². The van der Waals surface area contributed by atoms with Gasteiger partial charge < -0.3 is 29.9 Å². The van der Waals surface area contributed by atoms with Crippen molar-refractivity contribution in [1.29, 1.82) is 5.26 Å². The number of benzene rings is 5. The molecule has 5 aromatic carbocycles. The number of hydrogen-bond donors (Lipinski definition) is 4. The Kier molecular flexibility index (Phi) is 11.5. The summed E-state index contributed by atoms with van der Waals surface area (Å²) in [5, 5.41) is 21.0. The van der Waals surface area contributed by atoms with Crippen molar-refractivity contribution in [1.82, 2.24) is 19.9 Å². The maximum absolute atomic E-state index is 12.8. The molecular weight excluding hydrogens is 721 g/mol. The van der Waals surface area contributed by atoms with E-state index in [1.807, 2.05) is 96.1 Å². The van der Waals surface area contributed by atoms with Crippen molar-refractivity contribution in [2.24, 2.45) is 0 Å². The standard InChI is InChI=1S/C28H29N3O4.C17H13N3O2/c1-6-34-25(32)15-35-22-12-18(4)26(19(5)13-22)27-30-23-10-8-20(14-24(23)31-27)28(33)29-21-9-7-16(2)17(3)11-21;1-9-5-11(8-18)6-10(2)15(9)16-19-13-4-3-12(17(21)22)7-14(13)20-16/h7-14H,6,15H2,1-5H3,(H,29,33)(H,30,31);3-7H,1-2H3,(H,19,20)(H,21,22). The largest absolute Gasteiger partial charge is 0.482 e. The molecule has 0 saturated heterocycles. The van der Waals surface area contributed by atoms with E-state index in [1.54, 1.807) is 25.1 Å². The minimum absolute atomic E-state index is 0.135. The van der Waals surface area contributed by atoms with Gasteiger partial charge >= 0.3 is 11.9 Å². The number of aromatic carboxylic acids is 1. The molecule has 0 aliphatic heterocycles. The summed E-state index contributed by atoms with van der Waals surface area (Å²) in [5.41, 5.74) is 13.1. The molecule has 12 heteroatoms. The van der Waals surface area contributed by atoms with Gasteiger partial charge in [-0.1, -0.05) is 6.07 Å². The number of fused-ring (bicyclic) bond motifs is 2. The topological polar surface area (TPSA) is 183 Å². The first kappa shape index (κ1) is 39.4. The highest BCUT2D eigenvalue weighted by atomic mass is 16.6. The fourth-order valence-corrected chi connectivity index (χ4v) is 6.68. The number of carboxylic acid groups (broad SMARTS) is 1. The van der Waals surface area contributed by atoms with Crippen molar-refractivity contribution < 1.29 is 29.0 Å². The van der Waals surface area contributed by atoms with E-state index in [-0.39, 0.29) is 18.1 Å². The van der Waals surface area contributed by atoms with Gasteiger partial charge in [-0.15, -0.1) is 0 Å². The highest BCUT2D eigenvalue weighted by Crippen LogP contribution is 2.32. The van der Waals surface area contributed by atoms with E-state index in [0.29, 0.717) is 46.2 Å². The highest BCUT2D eigenvalue weighted by Gasteiger charge is 2.16. The Morgan fingerprint density at radius 3 is 1.77 bits per heavy atom. The van der Waals surface area contributed by atoms with Gasteiger partial charge in [0.25, 0.3) is 5.91 Å². The summed E-state index contributed by atoms with van der Waals surface area (Å²) >= 11 is 0. The van der Waals surface area contributed by atoms with Crippen LogP contribution in [0.5, 0.6) is 5.75 Å². The fourth-order valence-electron chi connectivity index (χ4n) is 6.68. The van der Waals surface area contributed by atoms with Crippen LogP contribution in [-0.2, 0) is 9.53 Å². The summed E-state index contributed by atoms with van der Waals surface area (Å²) in [6.07, 6.45) is 0. The lowest BCUT2D eigenvalue weighted by atomic mass is 9.99. The van der Waals surface area contributed by atoms with Gasteiger partial charge in [0.15, 0.2) is 6.61 Å². The molecule has 7 rings (SSSR count). The third kappa shape index (κ3) is 8.84. The predicted molar refractivity (Wildman–Crippen MR) is 220 cm³/mol. The van der Waals surface area contributed by atoms with Crippen molar-refractivity contribution in [3.05, 3.63) is 129 Å². The Labute approximate surface area is 329 Å². The van der Waals surface area contributed by atoms with Gasteiger partial charge in [0.05, 0.1) is 45.9 Å². The molecule has 0 bridgehead atoms.